The van der Waals surface area contributed by atoms with E-state index < -0.39 is 0 Å². The van der Waals surface area contributed by atoms with Gasteiger partial charge in [0, 0.05) is 12.1 Å². The van der Waals surface area contributed by atoms with Crippen molar-refractivity contribution in [1.29, 1.82) is 0 Å². The molecular formula is C21H24N4O3. The highest BCUT2D eigenvalue weighted by Gasteiger charge is 2.11. The maximum atomic E-state index is 12.5. The minimum Gasteiger partial charge on any atom is -0.490 e. The molecule has 1 amide bonds. The van der Waals surface area contributed by atoms with Gasteiger partial charge in [-0.3, -0.25) is 4.79 Å². The van der Waals surface area contributed by atoms with E-state index in [4.69, 9.17) is 9.47 Å². The van der Waals surface area contributed by atoms with E-state index in [0.717, 1.165) is 11.1 Å². The summed E-state index contributed by atoms with van der Waals surface area (Å²) in [6, 6.07) is 13.3. The summed E-state index contributed by atoms with van der Waals surface area (Å²) in [7, 11) is 0. The van der Waals surface area contributed by atoms with Crippen LogP contribution in [-0.2, 0) is 13.1 Å². The van der Waals surface area contributed by atoms with Crippen LogP contribution < -0.4 is 14.8 Å². The lowest BCUT2D eigenvalue weighted by Crippen LogP contribution is -2.22. The maximum absolute atomic E-state index is 12.5. The highest BCUT2D eigenvalue weighted by Crippen LogP contribution is 2.28. The molecule has 0 atom stereocenters. The zero-order valence-electron chi connectivity index (χ0n) is 16.1. The Balaban J connectivity index is 1.59. The van der Waals surface area contributed by atoms with Crippen LogP contribution in [0.4, 0.5) is 0 Å². The van der Waals surface area contributed by atoms with Gasteiger partial charge in [-0.25, -0.2) is 9.67 Å². The topological polar surface area (TPSA) is 78.3 Å². The van der Waals surface area contributed by atoms with Crippen LogP contribution >= 0.6 is 0 Å². The van der Waals surface area contributed by atoms with Crippen molar-refractivity contribution in [2.24, 2.45) is 0 Å². The SMILES string of the molecule is CCOc1ccc(C(=O)NCc2ccc(Cn3cncn3)cc2)cc1OCC. The van der Waals surface area contributed by atoms with E-state index in [1.165, 1.54) is 6.33 Å². The second-order valence-electron chi connectivity index (χ2n) is 6.12. The molecule has 2 aromatic carbocycles. The molecule has 0 fully saturated rings. The number of benzene rings is 2. The Morgan fingerprint density at radius 2 is 1.71 bits per heavy atom. The summed E-state index contributed by atoms with van der Waals surface area (Å²) in [4.78, 5) is 16.4. The molecule has 0 aliphatic heterocycles. The Morgan fingerprint density at radius 1 is 1.00 bits per heavy atom. The lowest BCUT2D eigenvalue weighted by molar-refractivity contribution is 0.0950. The summed E-state index contributed by atoms with van der Waals surface area (Å²) in [6.45, 7) is 5.96. The smallest absolute Gasteiger partial charge is 0.251 e. The highest BCUT2D eigenvalue weighted by atomic mass is 16.5. The van der Waals surface area contributed by atoms with E-state index in [9.17, 15) is 4.79 Å². The molecule has 1 heterocycles. The van der Waals surface area contributed by atoms with Gasteiger partial charge in [0.05, 0.1) is 19.8 Å². The van der Waals surface area contributed by atoms with E-state index in [-0.39, 0.29) is 5.91 Å². The molecule has 1 N–H and O–H groups in total. The fraction of sp³-hybridized carbons (Fsp3) is 0.286. The van der Waals surface area contributed by atoms with Crippen molar-refractivity contribution in [3.05, 3.63) is 71.8 Å². The number of nitrogens with zero attached hydrogens (tertiary/aromatic N) is 3. The summed E-state index contributed by atoms with van der Waals surface area (Å²) < 4.78 is 12.9. The Morgan fingerprint density at radius 3 is 2.39 bits per heavy atom. The standard InChI is InChI=1S/C21H24N4O3/c1-3-27-19-10-9-18(11-20(19)28-4-2)21(26)23-12-16-5-7-17(8-6-16)13-25-15-22-14-24-25/h5-11,14-15H,3-4,12-13H2,1-2H3,(H,23,26). The van der Waals surface area contributed by atoms with Crippen LogP contribution in [0.2, 0.25) is 0 Å². The number of carbonyl (C=O) groups excluding carboxylic acids is 1. The first-order valence-electron chi connectivity index (χ1n) is 9.27. The number of amides is 1. The van der Waals surface area contributed by atoms with Crippen LogP contribution in [0.5, 0.6) is 11.5 Å². The van der Waals surface area contributed by atoms with Crippen LogP contribution in [0.3, 0.4) is 0 Å². The Labute approximate surface area is 164 Å². The summed E-state index contributed by atoms with van der Waals surface area (Å²) in [5, 5.41) is 7.03. The zero-order chi connectivity index (χ0) is 19.8. The highest BCUT2D eigenvalue weighted by molar-refractivity contribution is 5.94. The number of rotatable bonds is 9. The molecule has 0 unspecified atom stereocenters. The summed E-state index contributed by atoms with van der Waals surface area (Å²) in [5.41, 5.74) is 2.68. The second kappa shape index (κ2) is 9.55. The van der Waals surface area contributed by atoms with Crippen LogP contribution in [0.15, 0.2) is 55.1 Å². The third kappa shape index (κ3) is 5.09. The first-order valence-corrected chi connectivity index (χ1v) is 9.27. The number of aromatic nitrogens is 3. The predicted molar refractivity (Wildman–Crippen MR) is 106 cm³/mol. The van der Waals surface area contributed by atoms with Gasteiger partial charge in [0.2, 0.25) is 0 Å². The monoisotopic (exact) mass is 380 g/mol. The fourth-order valence-corrected chi connectivity index (χ4v) is 2.74. The van der Waals surface area contributed by atoms with E-state index in [1.807, 2.05) is 38.1 Å². The number of hydrogen-bond donors (Lipinski definition) is 1. The molecule has 0 saturated heterocycles. The van der Waals surface area contributed by atoms with Gasteiger partial charge >= 0.3 is 0 Å². The van der Waals surface area contributed by atoms with Gasteiger partial charge in [-0.1, -0.05) is 24.3 Å². The quantitative estimate of drug-likeness (QED) is 0.617. The molecule has 3 aromatic rings. The van der Waals surface area contributed by atoms with Crippen molar-refractivity contribution >= 4 is 5.91 Å². The van der Waals surface area contributed by atoms with Gasteiger partial charge in [0.15, 0.2) is 11.5 Å². The van der Waals surface area contributed by atoms with Crippen LogP contribution in [0, 0.1) is 0 Å². The van der Waals surface area contributed by atoms with Crippen molar-refractivity contribution in [1.82, 2.24) is 20.1 Å². The first-order chi connectivity index (χ1) is 13.7. The molecule has 0 aliphatic rings. The Hall–Kier alpha value is -3.35. The third-order valence-corrected chi connectivity index (χ3v) is 4.09. The number of hydrogen-bond acceptors (Lipinski definition) is 5. The third-order valence-electron chi connectivity index (χ3n) is 4.09. The lowest BCUT2D eigenvalue weighted by Gasteiger charge is -2.12. The number of nitrogens with one attached hydrogen (secondary N) is 1. The molecule has 1 aromatic heterocycles. The molecule has 0 saturated carbocycles. The van der Waals surface area contributed by atoms with Gasteiger partial charge in [0.25, 0.3) is 5.91 Å². The molecule has 3 rings (SSSR count). The molecule has 0 aliphatic carbocycles. The first kappa shape index (κ1) is 19.4. The van der Waals surface area contributed by atoms with Crippen molar-refractivity contribution in [3.8, 4) is 11.5 Å². The lowest BCUT2D eigenvalue weighted by atomic mass is 10.1. The molecule has 0 spiro atoms. The average Bonchev–Trinajstić information content (AvgIpc) is 3.22. The fourth-order valence-electron chi connectivity index (χ4n) is 2.74. The van der Waals surface area contributed by atoms with Crippen molar-refractivity contribution in [2.75, 3.05) is 13.2 Å². The van der Waals surface area contributed by atoms with Gasteiger partial charge < -0.3 is 14.8 Å². The zero-order valence-corrected chi connectivity index (χ0v) is 16.1. The summed E-state index contributed by atoms with van der Waals surface area (Å²) in [5.74, 6) is 1.06. The minimum absolute atomic E-state index is 0.157. The summed E-state index contributed by atoms with van der Waals surface area (Å²) >= 11 is 0. The average molecular weight is 380 g/mol. The largest absolute Gasteiger partial charge is 0.490 e. The predicted octanol–water partition coefficient (Wildman–Crippen LogP) is 3.05. The van der Waals surface area contributed by atoms with Crippen LogP contribution in [0.25, 0.3) is 0 Å². The van der Waals surface area contributed by atoms with Crippen molar-refractivity contribution in [2.45, 2.75) is 26.9 Å². The Bertz CT molecular complexity index is 893. The van der Waals surface area contributed by atoms with E-state index >= 15 is 0 Å². The van der Waals surface area contributed by atoms with Crippen molar-refractivity contribution in [3.63, 3.8) is 0 Å². The second-order valence-corrected chi connectivity index (χ2v) is 6.12. The molecule has 0 bridgehead atoms. The molecule has 0 radical (unpaired) electrons. The van der Waals surface area contributed by atoms with E-state index in [0.29, 0.717) is 43.4 Å². The van der Waals surface area contributed by atoms with Gasteiger partial charge in [-0.05, 0) is 43.2 Å². The van der Waals surface area contributed by atoms with E-state index in [1.54, 1.807) is 29.2 Å². The van der Waals surface area contributed by atoms with Crippen molar-refractivity contribution < 1.29 is 14.3 Å². The molecular weight excluding hydrogens is 356 g/mol. The molecule has 28 heavy (non-hydrogen) atoms. The summed E-state index contributed by atoms with van der Waals surface area (Å²) in [6.07, 6.45) is 3.20. The number of carbonyl (C=O) groups is 1. The normalized spacial score (nSPS) is 10.5. The van der Waals surface area contributed by atoms with Gasteiger partial charge in [0.1, 0.15) is 12.7 Å². The Kier molecular flexibility index (Phi) is 6.62. The van der Waals surface area contributed by atoms with Gasteiger partial charge in [-0.15, -0.1) is 0 Å². The van der Waals surface area contributed by atoms with E-state index in [2.05, 4.69) is 15.4 Å². The van der Waals surface area contributed by atoms with Gasteiger partial charge in [-0.2, -0.15) is 5.10 Å². The van der Waals surface area contributed by atoms with Crippen LogP contribution in [0.1, 0.15) is 35.3 Å². The van der Waals surface area contributed by atoms with Crippen LogP contribution in [-0.4, -0.2) is 33.9 Å². The molecule has 7 nitrogen and oxygen atoms in total. The molecule has 7 heteroatoms. The minimum atomic E-state index is -0.157. The maximum Gasteiger partial charge on any atom is 0.251 e. The molecule has 146 valence electrons. The number of ether oxygens (including phenoxy) is 2.